The van der Waals surface area contributed by atoms with E-state index in [2.05, 4.69) is 15.5 Å². The second kappa shape index (κ2) is 9.21. The first-order valence-corrected chi connectivity index (χ1v) is 8.94. The molecular formula is C19H22Cl2FN3O. The fraction of sp³-hybridized carbons (Fsp3) is 0.316. The van der Waals surface area contributed by atoms with Crippen molar-refractivity contribution in [1.82, 2.24) is 15.5 Å². The number of benzene rings is 2. The molecule has 4 nitrogen and oxygen atoms in total. The van der Waals surface area contributed by atoms with Crippen LogP contribution in [-0.4, -0.2) is 25.0 Å². The van der Waals surface area contributed by atoms with Crippen LogP contribution in [0.4, 0.5) is 9.18 Å². The van der Waals surface area contributed by atoms with Crippen molar-refractivity contribution >= 4 is 29.2 Å². The third kappa shape index (κ3) is 5.59. The van der Waals surface area contributed by atoms with E-state index in [1.54, 1.807) is 6.92 Å². The van der Waals surface area contributed by atoms with E-state index in [0.29, 0.717) is 17.1 Å². The van der Waals surface area contributed by atoms with E-state index in [-0.39, 0.29) is 11.1 Å². The van der Waals surface area contributed by atoms with E-state index in [1.165, 1.54) is 12.1 Å². The molecule has 26 heavy (non-hydrogen) atoms. The van der Waals surface area contributed by atoms with E-state index in [0.717, 1.165) is 17.7 Å². The minimum atomic E-state index is -0.572. The van der Waals surface area contributed by atoms with Gasteiger partial charge in [0.2, 0.25) is 0 Å². The zero-order valence-corrected chi connectivity index (χ0v) is 16.5. The number of carbonyl (C=O) groups excluding carboxylic acids is 1. The van der Waals surface area contributed by atoms with Gasteiger partial charge in [0.25, 0.3) is 0 Å². The van der Waals surface area contributed by atoms with Gasteiger partial charge in [-0.05, 0) is 49.8 Å². The number of urea groups is 1. The average Bonchev–Trinajstić information content (AvgIpc) is 2.56. The fourth-order valence-electron chi connectivity index (χ4n) is 2.60. The maximum atomic E-state index is 13.7. The Balaban J connectivity index is 1.98. The zero-order valence-electron chi connectivity index (χ0n) is 14.9. The second-order valence-corrected chi connectivity index (χ2v) is 7.16. The van der Waals surface area contributed by atoms with Crippen LogP contribution in [0.25, 0.3) is 0 Å². The molecule has 0 fully saturated rings. The summed E-state index contributed by atoms with van der Waals surface area (Å²) < 4.78 is 13.7. The van der Waals surface area contributed by atoms with Crippen LogP contribution in [0.5, 0.6) is 0 Å². The van der Waals surface area contributed by atoms with Crippen molar-refractivity contribution in [3.63, 3.8) is 0 Å². The monoisotopic (exact) mass is 397 g/mol. The smallest absolute Gasteiger partial charge is 0.315 e. The lowest BCUT2D eigenvalue weighted by Crippen LogP contribution is -2.37. The minimum absolute atomic E-state index is 0.0482. The number of nitrogens with zero attached hydrogens (tertiary/aromatic N) is 1. The van der Waals surface area contributed by atoms with Gasteiger partial charge >= 0.3 is 6.03 Å². The Hall–Kier alpha value is -1.82. The Morgan fingerprint density at radius 2 is 1.81 bits per heavy atom. The first kappa shape index (κ1) is 20.5. The normalized spacial score (nSPS) is 12.1. The van der Waals surface area contributed by atoms with Gasteiger partial charge in [0.05, 0.1) is 11.1 Å². The van der Waals surface area contributed by atoms with Crippen molar-refractivity contribution in [2.45, 2.75) is 26.1 Å². The molecule has 1 atom stereocenters. The Bertz CT molecular complexity index is 783. The molecule has 7 heteroatoms. The van der Waals surface area contributed by atoms with Gasteiger partial charge in [-0.3, -0.25) is 0 Å². The molecule has 2 rings (SSSR count). The number of halogens is 3. The maximum Gasteiger partial charge on any atom is 0.315 e. The first-order valence-electron chi connectivity index (χ1n) is 8.18. The maximum absolute atomic E-state index is 13.7. The van der Waals surface area contributed by atoms with Gasteiger partial charge in [-0.2, -0.15) is 0 Å². The van der Waals surface area contributed by atoms with Crippen LogP contribution in [0.3, 0.4) is 0 Å². The van der Waals surface area contributed by atoms with Gasteiger partial charge in [0, 0.05) is 18.1 Å². The zero-order chi connectivity index (χ0) is 19.3. The summed E-state index contributed by atoms with van der Waals surface area (Å²) >= 11 is 11.8. The van der Waals surface area contributed by atoms with Crippen molar-refractivity contribution in [1.29, 1.82) is 0 Å². The molecule has 0 aliphatic heterocycles. The van der Waals surface area contributed by atoms with Crippen LogP contribution in [0.1, 0.15) is 29.7 Å². The van der Waals surface area contributed by atoms with Crippen LogP contribution >= 0.6 is 23.2 Å². The Labute approximate surface area is 163 Å². The lowest BCUT2D eigenvalue weighted by atomic mass is 10.1. The standard InChI is InChI=1S/C19H22Cl2FN3O/c1-12(15-8-18(22)17(21)9-16(15)20)24-19(26)23-10-13-6-4-5-7-14(13)11-25(2)3/h4-9,12H,10-11H2,1-3H3,(H2,23,24,26). The van der Waals surface area contributed by atoms with Crippen molar-refractivity contribution in [2.24, 2.45) is 0 Å². The summed E-state index contributed by atoms with van der Waals surface area (Å²) in [7, 11) is 3.99. The molecule has 0 radical (unpaired) electrons. The lowest BCUT2D eigenvalue weighted by molar-refractivity contribution is 0.237. The summed E-state index contributed by atoms with van der Waals surface area (Å²) in [4.78, 5) is 14.3. The van der Waals surface area contributed by atoms with Crippen LogP contribution in [0.2, 0.25) is 10.0 Å². The van der Waals surface area contributed by atoms with Gasteiger partial charge in [-0.25, -0.2) is 9.18 Å². The third-order valence-electron chi connectivity index (χ3n) is 3.90. The summed E-state index contributed by atoms with van der Waals surface area (Å²) in [6.07, 6.45) is 0. The van der Waals surface area contributed by atoms with Crippen molar-refractivity contribution < 1.29 is 9.18 Å². The predicted octanol–water partition coefficient (Wildman–Crippen LogP) is 4.75. The number of hydrogen-bond donors (Lipinski definition) is 2. The van der Waals surface area contributed by atoms with Crippen LogP contribution < -0.4 is 10.6 Å². The largest absolute Gasteiger partial charge is 0.334 e. The second-order valence-electron chi connectivity index (χ2n) is 6.34. The van der Waals surface area contributed by atoms with Gasteiger partial charge in [-0.15, -0.1) is 0 Å². The highest BCUT2D eigenvalue weighted by Crippen LogP contribution is 2.28. The van der Waals surface area contributed by atoms with Gasteiger partial charge in [0.1, 0.15) is 5.82 Å². The van der Waals surface area contributed by atoms with Crippen molar-refractivity contribution in [3.8, 4) is 0 Å². The molecule has 140 valence electrons. The van der Waals surface area contributed by atoms with E-state index >= 15 is 0 Å². The number of carbonyl (C=O) groups is 1. The lowest BCUT2D eigenvalue weighted by Gasteiger charge is -2.18. The molecule has 0 heterocycles. The predicted molar refractivity (Wildman–Crippen MR) is 104 cm³/mol. The van der Waals surface area contributed by atoms with Gasteiger partial charge < -0.3 is 15.5 Å². The summed E-state index contributed by atoms with van der Waals surface area (Å²) in [5, 5.41) is 5.84. The fourth-order valence-corrected chi connectivity index (χ4v) is 3.14. The highest BCUT2D eigenvalue weighted by atomic mass is 35.5. The van der Waals surface area contributed by atoms with Crippen LogP contribution in [-0.2, 0) is 13.1 Å². The molecule has 0 bridgehead atoms. The number of nitrogens with one attached hydrogen (secondary N) is 2. The van der Waals surface area contributed by atoms with E-state index in [4.69, 9.17) is 23.2 Å². The summed E-state index contributed by atoms with van der Waals surface area (Å²) in [6, 6.07) is 9.68. The molecule has 0 spiro atoms. The molecule has 1 unspecified atom stereocenters. The Kier molecular flexibility index (Phi) is 7.26. The summed E-state index contributed by atoms with van der Waals surface area (Å²) in [5.41, 5.74) is 2.66. The Morgan fingerprint density at radius 1 is 1.15 bits per heavy atom. The number of amides is 2. The van der Waals surface area contributed by atoms with Crippen molar-refractivity contribution in [2.75, 3.05) is 14.1 Å². The third-order valence-corrected chi connectivity index (χ3v) is 4.52. The number of hydrogen-bond acceptors (Lipinski definition) is 2. The van der Waals surface area contributed by atoms with Crippen molar-refractivity contribution in [3.05, 3.63) is 69.0 Å². The molecular weight excluding hydrogens is 376 g/mol. The minimum Gasteiger partial charge on any atom is -0.334 e. The topological polar surface area (TPSA) is 44.4 Å². The average molecular weight is 398 g/mol. The number of rotatable bonds is 6. The summed E-state index contributed by atoms with van der Waals surface area (Å²) in [5.74, 6) is -0.572. The molecule has 0 saturated carbocycles. The highest BCUT2D eigenvalue weighted by molar-refractivity contribution is 6.35. The van der Waals surface area contributed by atoms with Crippen LogP contribution in [0, 0.1) is 5.82 Å². The van der Waals surface area contributed by atoms with Gasteiger partial charge in [0.15, 0.2) is 0 Å². The Morgan fingerprint density at radius 3 is 2.46 bits per heavy atom. The molecule has 0 aliphatic rings. The molecule has 2 amide bonds. The van der Waals surface area contributed by atoms with E-state index < -0.39 is 11.9 Å². The molecule has 0 saturated heterocycles. The molecule has 2 N–H and O–H groups in total. The highest BCUT2D eigenvalue weighted by Gasteiger charge is 2.15. The molecule has 2 aromatic rings. The van der Waals surface area contributed by atoms with Crippen LogP contribution in [0.15, 0.2) is 36.4 Å². The molecule has 2 aromatic carbocycles. The van der Waals surface area contributed by atoms with Gasteiger partial charge in [-0.1, -0.05) is 47.5 Å². The molecule has 0 aliphatic carbocycles. The SMILES string of the molecule is CC(NC(=O)NCc1ccccc1CN(C)C)c1cc(F)c(Cl)cc1Cl. The quantitative estimate of drug-likeness (QED) is 0.690. The molecule has 0 aromatic heterocycles. The van der Waals surface area contributed by atoms with E-state index in [1.807, 2.05) is 38.4 Å². The van der Waals surface area contributed by atoms with E-state index in [9.17, 15) is 9.18 Å². The first-order chi connectivity index (χ1) is 12.3. The summed E-state index contributed by atoms with van der Waals surface area (Å²) in [6.45, 7) is 2.91.